The van der Waals surface area contributed by atoms with Crippen molar-refractivity contribution in [3.05, 3.63) is 0 Å². The molecule has 0 atom stereocenters. The van der Waals surface area contributed by atoms with Crippen LogP contribution in [0.5, 0.6) is 0 Å². The van der Waals surface area contributed by atoms with E-state index in [1.54, 1.807) is 11.2 Å². The van der Waals surface area contributed by atoms with Crippen LogP contribution in [0.1, 0.15) is 26.7 Å². The molecule has 0 spiro atoms. The Morgan fingerprint density at radius 1 is 1.29 bits per heavy atom. The lowest BCUT2D eigenvalue weighted by Gasteiger charge is -2.30. The molecule has 1 saturated heterocycles. The zero-order chi connectivity index (χ0) is 10.6. The zero-order valence-electron chi connectivity index (χ0n) is 8.90. The molecule has 1 aliphatic rings. The van der Waals surface area contributed by atoms with Gasteiger partial charge in [0.2, 0.25) is 10.0 Å². The van der Waals surface area contributed by atoms with E-state index in [1.165, 1.54) is 0 Å². The van der Waals surface area contributed by atoms with Crippen molar-refractivity contribution in [1.29, 1.82) is 0 Å². The summed E-state index contributed by atoms with van der Waals surface area (Å²) < 4.78 is 30.0. The molecule has 0 N–H and O–H groups in total. The number of sulfonamides is 1. The van der Waals surface area contributed by atoms with Crippen LogP contribution < -0.4 is 0 Å². The Hall–Kier alpha value is -0.130. The molecule has 84 valence electrons. The average molecular weight is 221 g/mol. The molecular formula is C9H19NO3S. The Morgan fingerprint density at radius 2 is 1.86 bits per heavy atom. The average Bonchev–Trinajstić information content (AvgIpc) is 2.19. The van der Waals surface area contributed by atoms with Gasteiger partial charge >= 0.3 is 0 Å². The SMILES string of the molecule is CCOC1CCN(S(=O)(=O)CC)CC1. The van der Waals surface area contributed by atoms with E-state index in [-0.39, 0.29) is 11.9 Å². The van der Waals surface area contributed by atoms with Crippen molar-refractivity contribution in [2.45, 2.75) is 32.8 Å². The van der Waals surface area contributed by atoms with E-state index < -0.39 is 10.0 Å². The Labute approximate surface area is 86.3 Å². The molecule has 1 rings (SSSR count). The van der Waals surface area contributed by atoms with Gasteiger partial charge in [0.1, 0.15) is 0 Å². The van der Waals surface area contributed by atoms with Gasteiger partial charge in [0, 0.05) is 19.7 Å². The summed E-state index contributed by atoms with van der Waals surface area (Å²) in [6.07, 6.45) is 1.91. The standard InChI is InChI=1S/C9H19NO3S/c1-3-13-9-5-7-10(8-6-9)14(11,12)4-2/h9H,3-8H2,1-2H3. The molecule has 4 nitrogen and oxygen atoms in total. The minimum Gasteiger partial charge on any atom is -0.378 e. The summed E-state index contributed by atoms with van der Waals surface area (Å²) in [5.41, 5.74) is 0. The maximum Gasteiger partial charge on any atom is 0.213 e. The number of hydrogen-bond donors (Lipinski definition) is 0. The molecule has 1 heterocycles. The molecule has 0 unspecified atom stereocenters. The quantitative estimate of drug-likeness (QED) is 0.706. The van der Waals surface area contributed by atoms with Gasteiger partial charge in [-0.1, -0.05) is 0 Å². The Balaban J connectivity index is 2.43. The summed E-state index contributed by atoms with van der Waals surface area (Å²) >= 11 is 0. The van der Waals surface area contributed by atoms with Crippen LogP contribution in [-0.2, 0) is 14.8 Å². The summed E-state index contributed by atoms with van der Waals surface area (Å²) in [6.45, 7) is 5.59. The summed E-state index contributed by atoms with van der Waals surface area (Å²) in [6, 6.07) is 0. The second-order valence-electron chi connectivity index (χ2n) is 3.45. The minimum absolute atomic E-state index is 0.201. The Kier molecular flexibility index (Phi) is 4.34. The van der Waals surface area contributed by atoms with Crippen LogP contribution >= 0.6 is 0 Å². The number of ether oxygens (including phenoxy) is 1. The fourth-order valence-corrected chi connectivity index (χ4v) is 2.83. The molecule has 0 radical (unpaired) electrons. The van der Waals surface area contributed by atoms with Crippen molar-refractivity contribution < 1.29 is 13.2 Å². The normalized spacial score (nSPS) is 21.3. The largest absolute Gasteiger partial charge is 0.378 e. The summed E-state index contributed by atoms with van der Waals surface area (Å²) in [5, 5.41) is 0. The molecule has 1 aliphatic heterocycles. The van der Waals surface area contributed by atoms with Crippen molar-refractivity contribution in [2.24, 2.45) is 0 Å². The van der Waals surface area contributed by atoms with E-state index in [1.807, 2.05) is 6.92 Å². The Bertz CT molecular complexity index is 255. The number of hydrogen-bond acceptors (Lipinski definition) is 3. The molecule has 0 aromatic heterocycles. The van der Waals surface area contributed by atoms with E-state index in [0.717, 1.165) is 12.8 Å². The molecule has 14 heavy (non-hydrogen) atoms. The lowest BCUT2D eigenvalue weighted by molar-refractivity contribution is 0.0290. The maximum absolute atomic E-state index is 11.5. The fraction of sp³-hybridized carbons (Fsp3) is 1.00. The van der Waals surface area contributed by atoms with Gasteiger partial charge in [-0.3, -0.25) is 0 Å². The molecule has 0 aliphatic carbocycles. The highest BCUT2D eigenvalue weighted by atomic mass is 32.2. The fourth-order valence-electron chi connectivity index (χ4n) is 1.70. The van der Waals surface area contributed by atoms with E-state index in [2.05, 4.69) is 0 Å². The predicted octanol–water partition coefficient (Wildman–Crippen LogP) is 0.837. The van der Waals surface area contributed by atoms with Gasteiger partial charge in [0.25, 0.3) is 0 Å². The third-order valence-electron chi connectivity index (χ3n) is 2.56. The third kappa shape index (κ3) is 2.93. The Morgan fingerprint density at radius 3 is 2.29 bits per heavy atom. The monoisotopic (exact) mass is 221 g/mol. The van der Waals surface area contributed by atoms with Gasteiger partial charge in [-0.15, -0.1) is 0 Å². The van der Waals surface area contributed by atoms with Crippen molar-refractivity contribution in [2.75, 3.05) is 25.4 Å². The number of piperidine rings is 1. The highest BCUT2D eigenvalue weighted by molar-refractivity contribution is 7.89. The van der Waals surface area contributed by atoms with Crippen LogP contribution in [0.3, 0.4) is 0 Å². The van der Waals surface area contributed by atoms with E-state index in [4.69, 9.17) is 4.74 Å². The lowest BCUT2D eigenvalue weighted by atomic mass is 10.1. The summed E-state index contributed by atoms with van der Waals surface area (Å²) in [7, 11) is -2.98. The van der Waals surface area contributed by atoms with Gasteiger partial charge in [-0.2, -0.15) is 0 Å². The maximum atomic E-state index is 11.5. The van der Waals surface area contributed by atoms with Crippen LogP contribution in [0.2, 0.25) is 0 Å². The van der Waals surface area contributed by atoms with Crippen LogP contribution in [0, 0.1) is 0 Å². The highest BCUT2D eigenvalue weighted by Crippen LogP contribution is 2.16. The van der Waals surface area contributed by atoms with E-state index in [9.17, 15) is 8.42 Å². The minimum atomic E-state index is -2.98. The summed E-state index contributed by atoms with van der Waals surface area (Å²) in [5.74, 6) is 0.201. The number of rotatable bonds is 4. The van der Waals surface area contributed by atoms with Crippen molar-refractivity contribution >= 4 is 10.0 Å². The molecular weight excluding hydrogens is 202 g/mol. The summed E-state index contributed by atoms with van der Waals surface area (Å²) in [4.78, 5) is 0. The smallest absolute Gasteiger partial charge is 0.213 e. The second kappa shape index (κ2) is 5.09. The second-order valence-corrected chi connectivity index (χ2v) is 5.71. The molecule has 0 amide bonds. The first-order chi connectivity index (χ1) is 6.60. The van der Waals surface area contributed by atoms with Gasteiger partial charge in [-0.25, -0.2) is 12.7 Å². The van der Waals surface area contributed by atoms with E-state index in [0.29, 0.717) is 19.7 Å². The van der Waals surface area contributed by atoms with Crippen LogP contribution in [0.4, 0.5) is 0 Å². The van der Waals surface area contributed by atoms with E-state index >= 15 is 0 Å². The van der Waals surface area contributed by atoms with Gasteiger partial charge in [-0.05, 0) is 26.7 Å². The van der Waals surface area contributed by atoms with Crippen LogP contribution in [0.25, 0.3) is 0 Å². The topological polar surface area (TPSA) is 46.6 Å². The van der Waals surface area contributed by atoms with Gasteiger partial charge in [0.05, 0.1) is 11.9 Å². The highest BCUT2D eigenvalue weighted by Gasteiger charge is 2.26. The molecule has 5 heteroatoms. The number of nitrogens with zero attached hydrogens (tertiary/aromatic N) is 1. The zero-order valence-corrected chi connectivity index (χ0v) is 9.72. The predicted molar refractivity (Wildman–Crippen MR) is 55.7 cm³/mol. The van der Waals surface area contributed by atoms with Crippen LogP contribution in [0.15, 0.2) is 0 Å². The van der Waals surface area contributed by atoms with Gasteiger partial charge < -0.3 is 4.74 Å². The molecule has 1 fully saturated rings. The third-order valence-corrected chi connectivity index (χ3v) is 4.44. The van der Waals surface area contributed by atoms with Crippen molar-refractivity contribution in [1.82, 2.24) is 4.31 Å². The van der Waals surface area contributed by atoms with Crippen molar-refractivity contribution in [3.8, 4) is 0 Å². The van der Waals surface area contributed by atoms with Crippen LogP contribution in [-0.4, -0.2) is 44.3 Å². The molecule has 0 bridgehead atoms. The molecule has 0 saturated carbocycles. The first-order valence-corrected chi connectivity index (χ1v) is 6.80. The van der Waals surface area contributed by atoms with Gasteiger partial charge in [0.15, 0.2) is 0 Å². The molecule has 0 aromatic rings. The first kappa shape index (κ1) is 11.9. The molecule has 0 aromatic carbocycles. The first-order valence-electron chi connectivity index (χ1n) is 5.19. The van der Waals surface area contributed by atoms with Crippen molar-refractivity contribution in [3.63, 3.8) is 0 Å². The lowest BCUT2D eigenvalue weighted by Crippen LogP contribution is -2.41.